The summed E-state index contributed by atoms with van der Waals surface area (Å²) in [5, 5.41) is 5.88. The zero-order valence-corrected chi connectivity index (χ0v) is 9.86. The molecule has 0 saturated heterocycles. The zero-order chi connectivity index (χ0) is 12.7. The van der Waals surface area contributed by atoms with Gasteiger partial charge in [-0.15, -0.1) is 0 Å². The highest BCUT2D eigenvalue weighted by molar-refractivity contribution is 6.34. The van der Waals surface area contributed by atoms with Crippen molar-refractivity contribution in [3.63, 3.8) is 0 Å². The van der Waals surface area contributed by atoms with Crippen molar-refractivity contribution in [2.45, 2.75) is 13.3 Å². The second-order valence-electron chi connectivity index (χ2n) is 3.37. The molecule has 5 nitrogen and oxygen atoms in total. The first-order valence-corrected chi connectivity index (χ1v) is 5.31. The van der Waals surface area contributed by atoms with Crippen molar-refractivity contribution >= 4 is 18.0 Å². The van der Waals surface area contributed by atoms with Crippen molar-refractivity contribution in [2.75, 3.05) is 7.05 Å². The fraction of sp³-hybridized carbons (Fsp3) is 0.250. The minimum absolute atomic E-state index is 0.719. The number of hydrogen-bond acceptors (Lipinski definition) is 3. The molecule has 1 aromatic carbocycles. The van der Waals surface area contributed by atoms with Crippen molar-refractivity contribution in [2.24, 2.45) is 5.10 Å². The standard InChI is InChI=1S/C12H15N3O2/c1-3-9-4-6-10(7-5-9)8-14-15-12(17)11(16)13-2/h4-8H,3H2,1-2H3,(H,13,16)(H,15,17)/b14-8+. The van der Waals surface area contributed by atoms with Crippen LogP contribution in [0.1, 0.15) is 18.1 Å². The number of likely N-dealkylation sites (N-methyl/N-ethyl adjacent to an activating group) is 1. The molecule has 0 radical (unpaired) electrons. The number of carbonyl (C=O) groups is 2. The highest BCUT2D eigenvalue weighted by Crippen LogP contribution is 2.02. The minimum Gasteiger partial charge on any atom is -0.351 e. The third-order valence-corrected chi connectivity index (χ3v) is 2.20. The average molecular weight is 233 g/mol. The number of benzene rings is 1. The SMILES string of the molecule is CCc1ccc(/C=N/NC(=O)C(=O)NC)cc1. The third kappa shape index (κ3) is 4.06. The summed E-state index contributed by atoms with van der Waals surface area (Å²) in [4.78, 5) is 21.9. The van der Waals surface area contributed by atoms with E-state index in [-0.39, 0.29) is 0 Å². The van der Waals surface area contributed by atoms with Crippen LogP contribution in [0.15, 0.2) is 29.4 Å². The van der Waals surface area contributed by atoms with Crippen molar-refractivity contribution in [1.82, 2.24) is 10.7 Å². The maximum atomic E-state index is 11.0. The molecule has 0 aromatic heterocycles. The van der Waals surface area contributed by atoms with E-state index in [0.717, 1.165) is 12.0 Å². The lowest BCUT2D eigenvalue weighted by atomic mass is 10.1. The first-order chi connectivity index (χ1) is 8.17. The molecule has 1 aromatic rings. The van der Waals surface area contributed by atoms with Crippen LogP contribution in [0.4, 0.5) is 0 Å². The number of rotatable bonds is 3. The monoisotopic (exact) mass is 233 g/mol. The molecule has 0 aliphatic heterocycles. The summed E-state index contributed by atoms with van der Waals surface area (Å²) >= 11 is 0. The van der Waals surface area contributed by atoms with Gasteiger partial charge in [0.25, 0.3) is 0 Å². The molecule has 17 heavy (non-hydrogen) atoms. The molecule has 0 aliphatic rings. The zero-order valence-electron chi connectivity index (χ0n) is 9.86. The lowest BCUT2D eigenvalue weighted by molar-refractivity contribution is -0.138. The molecule has 0 unspecified atom stereocenters. The van der Waals surface area contributed by atoms with Crippen LogP contribution >= 0.6 is 0 Å². The Hall–Kier alpha value is -2.17. The molecule has 0 heterocycles. The van der Waals surface area contributed by atoms with Crippen LogP contribution in [-0.4, -0.2) is 25.1 Å². The third-order valence-electron chi connectivity index (χ3n) is 2.20. The van der Waals surface area contributed by atoms with Gasteiger partial charge in [-0.2, -0.15) is 5.10 Å². The Morgan fingerprint density at radius 1 is 1.24 bits per heavy atom. The predicted octanol–water partition coefficient (Wildman–Crippen LogP) is 0.445. The molecule has 1 rings (SSSR count). The van der Waals surface area contributed by atoms with Gasteiger partial charge in [0.2, 0.25) is 0 Å². The fourth-order valence-corrected chi connectivity index (χ4v) is 1.17. The van der Waals surface area contributed by atoms with Crippen LogP contribution in [0.25, 0.3) is 0 Å². The van der Waals surface area contributed by atoms with E-state index in [0.29, 0.717) is 0 Å². The van der Waals surface area contributed by atoms with Gasteiger partial charge in [-0.3, -0.25) is 9.59 Å². The summed E-state index contributed by atoms with van der Waals surface area (Å²) in [7, 11) is 1.38. The van der Waals surface area contributed by atoms with Gasteiger partial charge in [0.1, 0.15) is 0 Å². The molecule has 0 atom stereocenters. The van der Waals surface area contributed by atoms with Crippen LogP contribution < -0.4 is 10.7 Å². The second-order valence-corrected chi connectivity index (χ2v) is 3.37. The molecule has 0 fully saturated rings. The Bertz CT molecular complexity index is 424. The first-order valence-electron chi connectivity index (χ1n) is 5.31. The van der Waals surface area contributed by atoms with Crippen LogP contribution in [-0.2, 0) is 16.0 Å². The van der Waals surface area contributed by atoms with E-state index in [1.807, 2.05) is 24.3 Å². The molecule has 0 spiro atoms. The van der Waals surface area contributed by atoms with Gasteiger partial charge in [0.15, 0.2) is 0 Å². The van der Waals surface area contributed by atoms with Crippen molar-refractivity contribution in [3.8, 4) is 0 Å². The Balaban J connectivity index is 2.53. The molecule has 2 amide bonds. The average Bonchev–Trinajstić information content (AvgIpc) is 2.38. The van der Waals surface area contributed by atoms with Gasteiger partial charge in [-0.25, -0.2) is 5.43 Å². The lowest BCUT2D eigenvalue weighted by Gasteiger charge is -1.98. The van der Waals surface area contributed by atoms with Crippen LogP contribution in [0.2, 0.25) is 0 Å². The molecular weight excluding hydrogens is 218 g/mol. The van der Waals surface area contributed by atoms with Crippen LogP contribution in [0.3, 0.4) is 0 Å². The van der Waals surface area contributed by atoms with Crippen molar-refractivity contribution < 1.29 is 9.59 Å². The summed E-state index contributed by atoms with van der Waals surface area (Å²) in [5.74, 6) is -1.50. The summed E-state index contributed by atoms with van der Waals surface area (Å²) in [6, 6.07) is 7.77. The highest BCUT2D eigenvalue weighted by Gasteiger charge is 2.08. The number of aryl methyl sites for hydroxylation is 1. The number of hydrazone groups is 1. The van der Waals surface area contributed by atoms with E-state index >= 15 is 0 Å². The van der Waals surface area contributed by atoms with Gasteiger partial charge in [0.05, 0.1) is 6.21 Å². The first kappa shape index (κ1) is 12.9. The maximum absolute atomic E-state index is 11.0. The quantitative estimate of drug-likeness (QED) is 0.452. The van der Waals surface area contributed by atoms with Crippen LogP contribution in [0.5, 0.6) is 0 Å². The summed E-state index contributed by atoms with van der Waals surface area (Å²) in [6.45, 7) is 2.08. The molecule has 5 heteroatoms. The van der Waals surface area contributed by atoms with Crippen molar-refractivity contribution in [3.05, 3.63) is 35.4 Å². The summed E-state index contributed by atoms with van der Waals surface area (Å²) in [5.41, 5.74) is 4.22. The number of carbonyl (C=O) groups excluding carboxylic acids is 2. The van der Waals surface area contributed by atoms with Gasteiger partial charge in [-0.05, 0) is 17.5 Å². The Kier molecular flexibility index (Phi) is 4.87. The van der Waals surface area contributed by atoms with Gasteiger partial charge >= 0.3 is 11.8 Å². The number of hydrogen-bond donors (Lipinski definition) is 2. The Labute approximate surface area is 99.9 Å². The van der Waals surface area contributed by atoms with E-state index in [1.165, 1.54) is 18.8 Å². The Morgan fingerprint density at radius 2 is 1.88 bits per heavy atom. The lowest BCUT2D eigenvalue weighted by Crippen LogP contribution is -2.35. The number of amides is 2. The van der Waals surface area contributed by atoms with Crippen molar-refractivity contribution in [1.29, 1.82) is 0 Å². The van der Waals surface area contributed by atoms with Gasteiger partial charge < -0.3 is 5.32 Å². The summed E-state index contributed by atoms with van der Waals surface area (Å²) in [6.07, 6.45) is 2.46. The second kappa shape index (κ2) is 6.42. The fourth-order valence-electron chi connectivity index (χ4n) is 1.17. The molecule has 2 N–H and O–H groups in total. The molecule has 90 valence electrons. The Morgan fingerprint density at radius 3 is 2.41 bits per heavy atom. The molecular formula is C12H15N3O2. The maximum Gasteiger partial charge on any atom is 0.329 e. The van der Waals surface area contributed by atoms with E-state index in [4.69, 9.17) is 0 Å². The van der Waals surface area contributed by atoms with E-state index in [9.17, 15) is 9.59 Å². The normalized spacial score (nSPS) is 10.2. The van der Waals surface area contributed by atoms with Crippen LogP contribution in [0, 0.1) is 0 Å². The van der Waals surface area contributed by atoms with E-state index < -0.39 is 11.8 Å². The minimum atomic E-state index is -0.783. The smallest absolute Gasteiger partial charge is 0.329 e. The highest BCUT2D eigenvalue weighted by atomic mass is 16.2. The number of nitrogens with zero attached hydrogens (tertiary/aromatic N) is 1. The molecule has 0 bridgehead atoms. The van der Waals surface area contributed by atoms with Gasteiger partial charge in [0, 0.05) is 7.05 Å². The summed E-state index contributed by atoms with van der Waals surface area (Å²) < 4.78 is 0. The van der Waals surface area contributed by atoms with Gasteiger partial charge in [-0.1, -0.05) is 31.2 Å². The topological polar surface area (TPSA) is 70.6 Å². The molecule has 0 saturated carbocycles. The predicted molar refractivity (Wildman–Crippen MR) is 65.6 cm³/mol. The van der Waals surface area contributed by atoms with E-state index in [1.54, 1.807) is 0 Å². The number of nitrogens with one attached hydrogen (secondary N) is 2. The molecule has 0 aliphatic carbocycles. The largest absolute Gasteiger partial charge is 0.351 e. The van der Waals surface area contributed by atoms with E-state index in [2.05, 4.69) is 22.8 Å².